The molecule has 0 heterocycles. The second-order valence-corrected chi connectivity index (χ2v) is 14.0. The molecule has 0 saturated heterocycles. The highest BCUT2D eigenvalue weighted by Gasteiger charge is 2.68. The van der Waals surface area contributed by atoms with Crippen molar-refractivity contribution in [1.29, 1.82) is 0 Å². The van der Waals surface area contributed by atoms with E-state index in [1.807, 2.05) is 13.0 Å². The highest BCUT2D eigenvalue weighted by molar-refractivity contribution is 8.00. The Morgan fingerprint density at radius 1 is 1.22 bits per heavy atom. The zero-order valence-corrected chi connectivity index (χ0v) is 23.6. The van der Waals surface area contributed by atoms with Crippen LogP contribution >= 0.6 is 11.8 Å². The van der Waals surface area contributed by atoms with Crippen LogP contribution < -0.4 is 5.32 Å². The van der Waals surface area contributed by atoms with E-state index in [0.717, 1.165) is 25.7 Å². The number of carbonyl (C=O) groups excluding carboxylic acids is 3. The maximum absolute atomic E-state index is 13.5. The second-order valence-electron chi connectivity index (χ2n) is 12.8. The fourth-order valence-electron chi connectivity index (χ4n) is 8.43. The van der Waals surface area contributed by atoms with E-state index in [9.17, 15) is 24.6 Å². The molecule has 4 fully saturated rings. The number of aliphatic hydroxyl groups is 2. The van der Waals surface area contributed by atoms with Crippen molar-refractivity contribution in [3.8, 4) is 0 Å². The molecule has 0 aromatic rings. The molecule has 0 aliphatic heterocycles. The van der Waals surface area contributed by atoms with Gasteiger partial charge < -0.3 is 20.3 Å². The lowest BCUT2D eigenvalue weighted by Crippen LogP contribution is -2.63. The molecule has 7 nitrogen and oxygen atoms in total. The Balaban J connectivity index is 1.56. The molecule has 4 aliphatic carbocycles. The van der Waals surface area contributed by atoms with Crippen LogP contribution in [0.25, 0.3) is 0 Å². The Bertz CT molecular complexity index is 913. The van der Waals surface area contributed by atoms with Crippen molar-refractivity contribution in [2.75, 3.05) is 5.75 Å². The Hall–Kier alpha value is -1.38. The monoisotopic (exact) mass is 535 g/mol. The zero-order valence-electron chi connectivity index (χ0n) is 22.8. The van der Waals surface area contributed by atoms with Crippen LogP contribution in [0, 0.1) is 34.0 Å². The number of ketones is 1. The van der Waals surface area contributed by atoms with Gasteiger partial charge >= 0.3 is 5.97 Å². The first kappa shape index (κ1) is 28.6. The molecule has 4 saturated carbocycles. The summed E-state index contributed by atoms with van der Waals surface area (Å²) < 4.78 is 6.29. The first-order valence-electron chi connectivity index (χ1n) is 14.0. The van der Waals surface area contributed by atoms with Gasteiger partial charge in [0.05, 0.1) is 18.0 Å². The molecule has 0 aromatic heterocycles. The summed E-state index contributed by atoms with van der Waals surface area (Å²) >= 11 is 1.40. The van der Waals surface area contributed by atoms with Crippen LogP contribution in [0.4, 0.5) is 0 Å². The summed E-state index contributed by atoms with van der Waals surface area (Å²) in [6, 6.07) is -0.0337. The fraction of sp³-hybridized carbons (Fsp3) is 0.828. The first-order valence-corrected chi connectivity index (χ1v) is 15.0. The number of hydrogen-bond donors (Lipinski definition) is 3. The third-order valence-corrected chi connectivity index (χ3v) is 12.4. The van der Waals surface area contributed by atoms with Crippen molar-refractivity contribution in [3.63, 3.8) is 0 Å². The quantitative estimate of drug-likeness (QED) is 0.259. The van der Waals surface area contributed by atoms with Crippen LogP contribution in [0.2, 0.25) is 0 Å². The lowest BCUT2D eigenvalue weighted by molar-refractivity contribution is -0.205. The number of nitrogens with one attached hydrogen (secondary N) is 1. The maximum atomic E-state index is 13.5. The molecular weight excluding hydrogens is 490 g/mol. The van der Waals surface area contributed by atoms with Gasteiger partial charge in [-0.3, -0.25) is 14.4 Å². The second kappa shape index (κ2) is 10.6. The Labute approximate surface area is 225 Å². The van der Waals surface area contributed by atoms with Gasteiger partial charge in [0.15, 0.2) is 0 Å². The molecule has 2 bridgehead atoms. The number of Topliss-reactive ketones (excluding diaryl/α,β-unsaturated/α-hetero) is 1. The van der Waals surface area contributed by atoms with Crippen molar-refractivity contribution in [3.05, 3.63) is 12.7 Å². The van der Waals surface area contributed by atoms with Crippen molar-refractivity contribution >= 4 is 29.9 Å². The van der Waals surface area contributed by atoms with Crippen LogP contribution in [0.5, 0.6) is 0 Å². The maximum Gasteiger partial charge on any atom is 0.316 e. The number of aliphatic hydroxyl groups excluding tert-OH is 2. The number of esters is 1. The Morgan fingerprint density at radius 2 is 1.95 bits per heavy atom. The predicted octanol–water partition coefficient (Wildman–Crippen LogP) is 3.65. The number of ether oxygens (including phenoxy) is 1. The highest BCUT2D eigenvalue weighted by Crippen LogP contribution is 2.68. The van der Waals surface area contributed by atoms with Gasteiger partial charge in [-0.2, -0.15) is 0 Å². The lowest BCUT2D eigenvalue weighted by atomic mass is 9.44. The van der Waals surface area contributed by atoms with Gasteiger partial charge in [0, 0.05) is 34.5 Å². The van der Waals surface area contributed by atoms with Crippen molar-refractivity contribution < 1.29 is 29.3 Å². The van der Waals surface area contributed by atoms with Gasteiger partial charge in [-0.25, -0.2) is 0 Å². The molecule has 2 unspecified atom stereocenters. The number of amides is 1. The van der Waals surface area contributed by atoms with Crippen molar-refractivity contribution in [2.45, 2.75) is 109 Å². The third-order valence-electron chi connectivity index (χ3n) is 11.0. The molecule has 0 spiro atoms. The third kappa shape index (κ3) is 4.80. The molecule has 8 heteroatoms. The van der Waals surface area contributed by atoms with Gasteiger partial charge in [-0.15, -0.1) is 18.3 Å². The first-order chi connectivity index (χ1) is 17.4. The minimum atomic E-state index is -0.683. The Kier molecular flexibility index (Phi) is 8.24. The normalized spacial score (nSPS) is 47.8. The van der Waals surface area contributed by atoms with E-state index in [1.54, 1.807) is 0 Å². The predicted molar refractivity (Wildman–Crippen MR) is 144 cm³/mol. The summed E-state index contributed by atoms with van der Waals surface area (Å²) in [5.41, 5.74) is -1.47. The van der Waals surface area contributed by atoms with Crippen LogP contribution in [0.1, 0.15) is 79.1 Å². The van der Waals surface area contributed by atoms with Gasteiger partial charge in [0.1, 0.15) is 11.9 Å². The smallest absolute Gasteiger partial charge is 0.316 e. The Morgan fingerprint density at radius 3 is 2.59 bits per heavy atom. The molecular formula is C29H45NO6S. The number of hydrogen-bond acceptors (Lipinski definition) is 7. The van der Waals surface area contributed by atoms with Crippen LogP contribution in [-0.4, -0.2) is 63.7 Å². The average Bonchev–Trinajstić information content (AvgIpc) is 3.22. The van der Waals surface area contributed by atoms with Crippen molar-refractivity contribution in [1.82, 2.24) is 5.32 Å². The summed E-state index contributed by atoms with van der Waals surface area (Å²) in [6.45, 7) is 12.5. The van der Waals surface area contributed by atoms with Gasteiger partial charge in [-0.1, -0.05) is 33.8 Å². The lowest BCUT2D eigenvalue weighted by Gasteiger charge is -2.61. The standard InChI is InChI=1S/C29H45NO6S/c1-6-27(4)14-23(36-24(34)15-37-22-8-7-19(30-16-31)13-21(22)33)28(5)17(2)9-11-29(18(3)26(27)35)12-10-20(32)25(28)29/h6,16-19,21-23,25-26,33,35H,1,7-15H2,2-5H3,(H,30,31)/t17?,18-,19+,21+,22+,23+,25-,26-,27+,28-,29?/m0/s1. The average molecular weight is 536 g/mol. The summed E-state index contributed by atoms with van der Waals surface area (Å²) in [7, 11) is 0. The summed E-state index contributed by atoms with van der Waals surface area (Å²) in [6.07, 6.45) is 6.18. The van der Waals surface area contributed by atoms with Gasteiger partial charge in [0.2, 0.25) is 6.41 Å². The molecule has 4 aliphatic rings. The fourth-order valence-corrected chi connectivity index (χ4v) is 9.48. The van der Waals surface area contributed by atoms with E-state index >= 15 is 0 Å². The summed E-state index contributed by atoms with van der Waals surface area (Å²) in [5, 5.41) is 24.8. The molecule has 4 rings (SSSR count). The highest BCUT2D eigenvalue weighted by atomic mass is 32.2. The SMILES string of the molecule is C=C[C@]1(C)C[C@@H](OC(=O)CS[C@@H]2CC[C@@H](NC=O)C[C@H]2O)[C@]2(C)C(C)CCC3(CCC(=O)[C@H]32)[C@@H](C)[C@@H]1O. The zero-order chi connectivity index (χ0) is 27.2. The van der Waals surface area contributed by atoms with E-state index < -0.39 is 29.1 Å². The molecule has 1 amide bonds. The van der Waals surface area contributed by atoms with Crippen LogP contribution in [0.3, 0.4) is 0 Å². The molecule has 37 heavy (non-hydrogen) atoms. The van der Waals surface area contributed by atoms with Crippen molar-refractivity contribution in [2.24, 2.45) is 34.0 Å². The number of rotatable bonds is 7. The number of carbonyl (C=O) groups is 3. The van der Waals surface area contributed by atoms with Gasteiger partial charge in [0.25, 0.3) is 0 Å². The summed E-state index contributed by atoms with van der Waals surface area (Å²) in [4.78, 5) is 37.5. The van der Waals surface area contributed by atoms with Crippen LogP contribution in [-0.2, 0) is 19.1 Å². The van der Waals surface area contributed by atoms with E-state index in [1.165, 1.54) is 11.8 Å². The minimum Gasteiger partial charge on any atom is -0.461 e. The molecule has 11 atom stereocenters. The molecule has 3 N–H and O–H groups in total. The van der Waals surface area contributed by atoms with Gasteiger partial charge in [-0.05, 0) is 62.2 Å². The minimum absolute atomic E-state index is 0.0337. The molecule has 208 valence electrons. The van der Waals surface area contributed by atoms with E-state index in [4.69, 9.17) is 4.74 Å². The topological polar surface area (TPSA) is 113 Å². The summed E-state index contributed by atoms with van der Waals surface area (Å²) in [5.74, 6) is -0.0967. The largest absolute Gasteiger partial charge is 0.461 e. The van der Waals surface area contributed by atoms with Crippen LogP contribution in [0.15, 0.2) is 12.7 Å². The molecule has 0 aromatic carbocycles. The number of thioether (sulfide) groups is 1. The van der Waals surface area contributed by atoms with E-state index in [0.29, 0.717) is 32.1 Å². The molecule has 0 radical (unpaired) electrons. The van der Waals surface area contributed by atoms with E-state index in [-0.39, 0.29) is 52.0 Å². The van der Waals surface area contributed by atoms with E-state index in [2.05, 4.69) is 32.7 Å².